The molecule has 1 aliphatic heterocycles. The Morgan fingerprint density at radius 2 is 1.85 bits per heavy atom. The number of piperidine rings is 1. The van der Waals surface area contributed by atoms with E-state index in [1.54, 1.807) is 11.8 Å². The van der Waals surface area contributed by atoms with Crippen LogP contribution in [0.4, 0.5) is 4.79 Å². The highest BCUT2D eigenvalue weighted by Gasteiger charge is 2.30. The molecule has 3 N–H and O–H groups in total. The van der Waals surface area contributed by atoms with E-state index >= 15 is 0 Å². The van der Waals surface area contributed by atoms with Crippen LogP contribution in [-0.2, 0) is 20.7 Å². The minimum Gasteiger partial charge on any atom is -0.451 e. The Balaban J connectivity index is 1.96. The molecule has 1 aromatic rings. The van der Waals surface area contributed by atoms with Gasteiger partial charge in [-0.1, -0.05) is 37.3 Å². The number of carbonyl (C=O) groups is 3. The van der Waals surface area contributed by atoms with Crippen LogP contribution in [0.15, 0.2) is 30.3 Å². The van der Waals surface area contributed by atoms with Gasteiger partial charge in [-0.25, -0.2) is 9.59 Å². The number of esters is 1. The van der Waals surface area contributed by atoms with E-state index < -0.39 is 24.1 Å². The van der Waals surface area contributed by atoms with E-state index in [0.717, 1.165) is 18.4 Å². The van der Waals surface area contributed by atoms with Gasteiger partial charge in [-0.15, -0.1) is 0 Å². The quantitative estimate of drug-likeness (QED) is 0.749. The maximum absolute atomic E-state index is 12.5. The van der Waals surface area contributed by atoms with Crippen LogP contribution in [0.2, 0.25) is 0 Å². The lowest BCUT2D eigenvalue weighted by molar-refractivity contribution is -0.161. The van der Waals surface area contributed by atoms with Crippen LogP contribution in [0.5, 0.6) is 0 Å². The summed E-state index contributed by atoms with van der Waals surface area (Å²) in [5.41, 5.74) is 6.03. The molecule has 7 heteroatoms. The minimum absolute atomic E-state index is 0.206. The van der Waals surface area contributed by atoms with Crippen molar-refractivity contribution in [3.8, 4) is 0 Å². The van der Waals surface area contributed by atoms with Crippen LogP contribution >= 0.6 is 0 Å². The number of nitrogens with two attached hydrogens (primary N) is 1. The summed E-state index contributed by atoms with van der Waals surface area (Å²) in [4.78, 5) is 37.9. The largest absolute Gasteiger partial charge is 0.451 e. The van der Waals surface area contributed by atoms with Gasteiger partial charge in [0.1, 0.15) is 6.04 Å². The maximum atomic E-state index is 12.5. The topological polar surface area (TPSA) is 102 Å². The summed E-state index contributed by atoms with van der Waals surface area (Å²) in [7, 11) is 0. The first-order valence-electron chi connectivity index (χ1n) is 8.96. The molecule has 0 unspecified atom stereocenters. The van der Waals surface area contributed by atoms with Crippen molar-refractivity contribution in [2.24, 2.45) is 11.7 Å². The van der Waals surface area contributed by atoms with Crippen molar-refractivity contribution in [1.82, 2.24) is 10.2 Å². The molecule has 2 rings (SSSR count). The van der Waals surface area contributed by atoms with E-state index in [0.29, 0.717) is 19.0 Å². The van der Waals surface area contributed by atoms with Gasteiger partial charge in [-0.2, -0.15) is 0 Å². The van der Waals surface area contributed by atoms with E-state index in [-0.39, 0.29) is 12.3 Å². The zero-order chi connectivity index (χ0) is 19.1. The molecule has 1 fully saturated rings. The number of likely N-dealkylation sites (tertiary alicyclic amines) is 1. The predicted octanol–water partition coefficient (Wildman–Crippen LogP) is 1.46. The van der Waals surface area contributed by atoms with Crippen molar-refractivity contribution < 1.29 is 19.1 Å². The summed E-state index contributed by atoms with van der Waals surface area (Å²) in [6.07, 6.45) is 1.24. The second-order valence-electron chi connectivity index (χ2n) is 6.84. The normalized spacial score (nSPS) is 17.2. The van der Waals surface area contributed by atoms with Crippen molar-refractivity contribution in [2.45, 2.75) is 45.3 Å². The number of nitrogens with one attached hydrogen (secondary N) is 1. The third-order valence-corrected chi connectivity index (χ3v) is 4.62. The Morgan fingerprint density at radius 3 is 2.42 bits per heavy atom. The van der Waals surface area contributed by atoms with Crippen LogP contribution in [0.25, 0.3) is 0 Å². The van der Waals surface area contributed by atoms with E-state index in [4.69, 9.17) is 10.5 Å². The summed E-state index contributed by atoms with van der Waals surface area (Å²) in [6.45, 7) is 5.07. The smallest absolute Gasteiger partial charge is 0.329 e. The second kappa shape index (κ2) is 9.22. The molecule has 3 amide bonds. The molecule has 0 radical (unpaired) electrons. The molecule has 26 heavy (non-hydrogen) atoms. The van der Waals surface area contributed by atoms with Crippen molar-refractivity contribution in [1.29, 1.82) is 0 Å². The molecule has 2 atom stereocenters. The van der Waals surface area contributed by atoms with Crippen LogP contribution in [-0.4, -0.2) is 48.0 Å². The Hall–Kier alpha value is -2.57. The molecule has 1 heterocycles. The monoisotopic (exact) mass is 361 g/mol. The van der Waals surface area contributed by atoms with Crippen LogP contribution in [0.1, 0.15) is 32.3 Å². The van der Waals surface area contributed by atoms with E-state index in [1.165, 1.54) is 0 Å². The number of nitrogens with zero attached hydrogens (tertiary/aromatic N) is 1. The number of benzene rings is 1. The molecule has 0 saturated carbocycles. The van der Waals surface area contributed by atoms with Gasteiger partial charge in [0.05, 0.1) is 0 Å². The van der Waals surface area contributed by atoms with Crippen LogP contribution in [0.3, 0.4) is 0 Å². The molecule has 0 spiro atoms. The Morgan fingerprint density at radius 1 is 1.23 bits per heavy atom. The van der Waals surface area contributed by atoms with Gasteiger partial charge in [0.25, 0.3) is 5.91 Å². The molecule has 1 saturated heterocycles. The van der Waals surface area contributed by atoms with Crippen molar-refractivity contribution in [2.75, 3.05) is 13.1 Å². The fourth-order valence-electron chi connectivity index (χ4n) is 3.01. The molecule has 7 nitrogen and oxygen atoms in total. The lowest BCUT2D eigenvalue weighted by Gasteiger charge is -2.32. The predicted molar refractivity (Wildman–Crippen MR) is 97.2 cm³/mol. The molecular weight excluding hydrogens is 334 g/mol. The number of hydrogen-bond donors (Lipinski definition) is 2. The summed E-state index contributed by atoms with van der Waals surface area (Å²) in [5.74, 6) is -0.270. The fraction of sp³-hybridized carbons (Fsp3) is 0.526. The Kier molecular flexibility index (Phi) is 7.00. The zero-order valence-electron chi connectivity index (χ0n) is 15.3. The van der Waals surface area contributed by atoms with Gasteiger partial charge in [0.2, 0.25) is 0 Å². The number of ether oxygens (including phenoxy) is 1. The number of urea groups is 1. The third kappa shape index (κ3) is 5.75. The van der Waals surface area contributed by atoms with Gasteiger partial charge in [-0.05, 0) is 31.2 Å². The van der Waals surface area contributed by atoms with Crippen LogP contribution in [0, 0.1) is 5.92 Å². The number of carbonyl (C=O) groups excluding carboxylic acids is 3. The third-order valence-electron chi connectivity index (χ3n) is 4.62. The second-order valence-corrected chi connectivity index (χ2v) is 6.84. The number of amides is 3. The summed E-state index contributed by atoms with van der Waals surface area (Å²) < 4.78 is 5.33. The first-order chi connectivity index (χ1) is 12.4. The van der Waals surface area contributed by atoms with Crippen molar-refractivity contribution >= 4 is 17.9 Å². The molecule has 1 aliphatic rings. The number of primary amides is 1. The van der Waals surface area contributed by atoms with Crippen molar-refractivity contribution in [3.63, 3.8) is 0 Å². The maximum Gasteiger partial charge on any atom is 0.329 e. The Labute approximate surface area is 153 Å². The van der Waals surface area contributed by atoms with E-state index in [9.17, 15) is 14.4 Å². The number of rotatable bonds is 6. The summed E-state index contributed by atoms with van der Waals surface area (Å²) in [6, 6.07) is 7.47. The average Bonchev–Trinajstić information content (AvgIpc) is 2.61. The zero-order valence-corrected chi connectivity index (χ0v) is 15.3. The molecule has 142 valence electrons. The highest BCUT2D eigenvalue weighted by atomic mass is 16.5. The molecule has 1 aromatic carbocycles. The Bertz CT molecular complexity index is 627. The molecule has 0 bridgehead atoms. The highest BCUT2D eigenvalue weighted by molar-refractivity contribution is 5.87. The minimum atomic E-state index is -0.938. The van der Waals surface area contributed by atoms with E-state index in [2.05, 4.69) is 12.2 Å². The fourth-order valence-corrected chi connectivity index (χ4v) is 3.01. The standard InChI is InChI=1S/C19H27N3O4/c1-13-8-10-22(11-9-13)17(23)14(2)26-18(24)16(21-19(20)25)12-15-6-4-3-5-7-15/h3-7,13-14,16H,8-12H2,1-2H3,(H3,20,21,25)/t14-,16+/m1/s1. The van der Waals surface area contributed by atoms with Gasteiger partial charge < -0.3 is 20.7 Å². The van der Waals surface area contributed by atoms with Crippen molar-refractivity contribution in [3.05, 3.63) is 35.9 Å². The summed E-state index contributed by atoms with van der Waals surface area (Å²) >= 11 is 0. The first-order valence-corrected chi connectivity index (χ1v) is 8.96. The molecule has 0 aromatic heterocycles. The average molecular weight is 361 g/mol. The molecular formula is C19H27N3O4. The van der Waals surface area contributed by atoms with Crippen LogP contribution < -0.4 is 11.1 Å². The van der Waals surface area contributed by atoms with Gasteiger partial charge >= 0.3 is 12.0 Å². The van der Waals surface area contributed by atoms with E-state index in [1.807, 2.05) is 30.3 Å². The van der Waals surface area contributed by atoms with Gasteiger partial charge in [0.15, 0.2) is 6.10 Å². The lowest BCUT2D eigenvalue weighted by atomic mass is 9.99. The molecule has 0 aliphatic carbocycles. The lowest BCUT2D eigenvalue weighted by Crippen LogP contribution is -2.49. The van der Waals surface area contributed by atoms with Gasteiger partial charge in [-0.3, -0.25) is 4.79 Å². The summed E-state index contributed by atoms with van der Waals surface area (Å²) in [5, 5.41) is 2.40. The van der Waals surface area contributed by atoms with Gasteiger partial charge in [0, 0.05) is 19.5 Å². The SMILES string of the molecule is CC1CCN(C(=O)[C@@H](C)OC(=O)[C@H](Cc2ccccc2)NC(N)=O)CC1. The first kappa shape index (κ1) is 19.8. The highest BCUT2D eigenvalue weighted by Crippen LogP contribution is 2.17. The number of hydrogen-bond acceptors (Lipinski definition) is 4.